The van der Waals surface area contributed by atoms with Gasteiger partial charge in [0.1, 0.15) is 0 Å². The summed E-state index contributed by atoms with van der Waals surface area (Å²) in [4.78, 5) is 27.7. The Kier molecular flexibility index (Phi) is 4.74. The third-order valence-electron chi connectivity index (χ3n) is 4.57. The van der Waals surface area contributed by atoms with Gasteiger partial charge in [0.2, 0.25) is 0 Å². The van der Waals surface area contributed by atoms with Crippen molar-refractivity contribution in [3.05, 3.63) is 45.6 Å². The number of aromatic nitrogens is 1. The van der Waals surface area contributed by atoms with Crippen LogP contribution in [0.2, 0.25) is 0 Å². The molecular formula is C18H21N3O3. The number of benzene rings is 1. The average molecular weight is 327 g/mol. The number of nitrogens with one attached hydrogen (secondary N) is 1. The Hall–Kier alpha value is -2.50. The number of non-ortho nitro benzene ring substituents is 1. The molecule has 1 aliphatic rings. The molecule has 0 bridgehead atoms. The van der Waals surface area contributed by atoms with E-state index in [0.717, 1.165) is 31.4 Å². The first-order valence-corrected chi connectivity index (χ1v) is 8.41. The fourth-order valence-electron chi connectivity index (χ4n) is 3.33. The molecular weight excluding hydrogens is 306 g/mol. The van der Waals surface area contributed by atoms with Crippen molar-refractivity contribution in [2.24, 2.45) is 0 Å². The van der Waals surface area contributed by atoms with Crippen LogP contribution in [0.1, 0.15) is 54.6 Å². The Bertz CT molecular complexity index is 780. The van der Waals surface area contributed by atoms with Crippen molar-refractivity contribution in [2.75, 3.05) is 0 Å². The molecule has 2 aromatic rings. The van der Waals surface area contributed by atoms with Crippen LogP contribution in [0.25, 0.3) is 10.9 Å². The predicted molar refractivity (Wildman–Crippen MR) is 92.1 cm³/mol. The molecule has 0 radical (unpaired) electrons. The molecule has 6 heteroatoms. The molecule has 1 N–H and O–H groups in total. The molecule has 3 rings (SSSR count). The Morgan fingerprint density at radius 1 is 1.21 bits per heavy atom. The predicted octanol–water partition coefficient (Wildman–Crippen LogP) is 3.90. The zero-order valence-corrected chi connectivity index (χ0v) is 13.7. The number of fused-ring (bicyclic) bond motifs is 1. The van der Waals surface area contributed by atoms with Gasteiger partial charge in [0.05, 0.1) is 16.0 Å². The van der Waals surface area contributed by atoms with Crippen LogP contribution in [-0.4, -0.2) is 21.9 Å². The maximum atomic E-state index is 12.8. The van der Waals surface area contributed by atoms with Crippen molar-refractivity contribution in [3.63, 3.8) is 0 Å². The van der Waals surface area contributed by atoms with Crippen molar-refractivity contribution in [1.82, 2.24) is 10.3 Å². The number of amides is 1. The standard InChI is InChI=1S/C18H21N3O3/c1-12-10-16(18(22)20-13-6-4-2-3-5-7-13)15-11-14(21(23)24)8-9-17(15)19-12/h8-11,13H,2-7H2,1H3,(H,20,22). The van der Waals surface area contributed by atoms with E-state index in [0.29, 0.717) is 16.5 Å². The van der Waals surface area contributed by atoms with Crippen molar-refractivity contribution < 1.29 is 9.72 Å². The Morgan fingerprint density at radius 2 is 1.92 bits per heavy atom. The molecule has 0 atom stereocenters. The van der Waals surface area contributed by atoms with E-state index in [1.807, 2.05) is 6.92 Å². The summed E-state index contributed by atoms with van der Waals surface area (Å²) < 4.78 is 0. The Balaban J connectivity index is 1.95. The van der Waals surface area contributed by atoms with Crippen LogP contribution >= 0.6 is 0 Å². The van der Waals surface area contributed by atoms with Gasteiger partial charge >= 0.3 is 0 Å². The van der Waals surface area contributed by atoms with Gasteiger partial charge < -0.3 is 5.32 Å². The number of nitrogens with zero attached hydrogens (tertiary/aromatic N) is 2. The number of carbonyl (C=O) groups excluding carboxylic acids is 1. The fraction of sp³-hybridized carbons (Fsp3) is 0.444. The lowest BCUT2D eigenvalue weighted by Crippen LogP contribution is -2.34. The zero-order valence-electron chi connectivity index (χ0n) is 13.7. The number of nitro groups is 1. The van der Waals surface area contributed by atoms with E-state index < -0.39 is 4.92 Å². The van der Waals surface area contributed by atoms with Crippen molar-refractivity contribution >= 4 is 22.5 Å². The van der Waals surface area contributed by atoms with Gasteiger partial charge in [0, 0.05) is 29.3 Å². The summed E-state index contributed by atoms with van der Waals surface area (Å²) in [6.07, 6.45) is 6.69. The Morgan fingerprint density at radius 3 is 2.58 bits per heavy atom. The first kappa shape index (κ1) is 16.4. The summed E-state index contributed by atoms with van der Waals surface area (Å²) in [6, 6.07) is 6.34. The molecule has 0 saturated heterocycles. The van der Waals surface area contributed by atoms with Gasteiger partial charge in [-0.1, -0.05) is 25.7 Å². The number of rotatable bonds is 3. The largest absolute Gasteiger partial charge is 0.349 e. The van der Waals surface area contributed by atoms with Crippen LogP contribution in [0.3, 0.4) is 0 Å². The highest BCUT2D eigenvalue weighted by Crippen LogP contribution is 2.24. The molecule has 126 valence electrons. The van der Waals surface area contributed by atoms with Gasteiger partial charge in [-0.15, -0.1) is 0 Å². The van der Waals surface area contributed by atoms with Crippen LogP contribution in [-0.2, 0) is 0 Å². The fourth-order valence-corrected chi connectivity index (χ4v) is 3.33. The molecule has 1 saturated carbocycles. The molecule has 6 nitrogen and oxygen atoms in total. The van der Waals surface area contributed by atoms with E-state index in [-0.39, 0.29) is 17.6 Å². The number of pyridine rings is 1. The highest BCUT2D eigenvalue weighted by molar-refractivity contribution is 6.06. The minimum absolute atomic E-state index is 0.0309. The van der Waals surface area contributed by atoms with Crippen molar-refractivity contribution in [2.45, 2.75) is 51.5 Å². The van der Waals surface area contributed by atoms with Crippen LogP contribution in [0.15, 0.2) is 24.3 Å². The number of aryl methyl sites for hydroxylation is 1. The lowest BCUT2D eigenvalue weighted by atomic mass is 10.0. The smallest absolute Gasteiger partial charge is 0.270 e. The number of nitro benzene ring substituents is 1. The van der Waals surface area contributed by atoms with Gasteiger partial charge in [0.15, 0.2) is 0 Å². The summed E-state index contributed by atoms with van der Waals surface area (Å²) in [7, 11) is 0. The highest BCUT2D eigenvalue weighted by atomic mass is 16.6. The summed E-state index contributed by atoms with van der Waals surface area (Å²) in [5.74, 6) is -0.169. The summed E-state index contributed by atoms with van der Waals surface area (Å²) >= 11 is 0. The van der Waals surface area contributed by atoms with Gasteiger partial charge in [0.25, 0.3) is 11.6 Å². The van der Waals surface area contributed by atoms with E-state index in [9.17, 15) is 14.9 Å². The lowest BCUT2D eigenvalue weighted by Gasteiger charge is -2.17. The third kappa shape index (κ3) is 3.53. The van der Waals surface area contributed by atoms with E-state index in [1.54, 1.807) is 12.1 Å². The van der Waals surface area contributed by atoms with Gasteiger partial charge in [-0.2, -0.15) is 0 Å². The topological polar surface area (TPSA) is 85.1 Å². The van der Waals surface area contributed by atoms with Crippen molar-refractivity contribution in [3.8, 4) is 0 Å². The van der Waals surface area contributed by atoms with Gasteiger partial charge in [-0.25, -0.2) is 0 Å². The second kappa shape index (κ2) is 6.95. The van der Waals surface area contributed by atoms with Crippen LogP contribution in [0, 0.1) is 17.0 Å². The number of hydrogen-bond acceptors (Lipinski definition) is 4. The van der Waals surface area contributed by atoms with Crippen molar-refractivity contribution in [1.29, 1.82) is 0 Å². The molecule has 1 aromatic heterocycles. The van der Waals surface area contributed by atoms with Gasteiger partial charge in [-0.05, 0) is 31.9 Å². The first-order chi connectivity index (χ1) is 11.5. The quantitative estimate of drug-likeness (QED) is 0.526. The molecule has 1 aromatic carbocycles. The molecule has 0 spiro atoms. The molecule has 0 unspecified atom stereocenters. The summed E-state index contributed by atoms with van der Waals surface area (Å²) in [5, 5.41) is 14.7. The lowest BCUT2D eigenvalue weighted by molar-refractivity contribution is -0.384. The molecule has 1 heterocycles. The Labute approximate surface area is 140 Å². The molecule has 0 aliphatic heterocycles. The monoisotopic (exact) mass is 327 g/mol. The second-order valence-electron chi connectivity index (χ2n) is 6.43. The van der Waals surface area contributed by atoms with Crippen LogP contribution < -0.4 is 5.32 Å². The number of carbonyl (C=O) groups is 1. The van der Waals surface area contributed by atoms with E-state index in [1.165, 1.54) is 25.0 Å². The SMILES string of the molecule is Cc1cc(C(=O)NC2CCCCCC2)c2cc([N+](=O)[O-])ccc2n1. The molecule has 1 amide bonds. The minimum Gasteiger partial charge on any atom is -0.349 e. The normalized spacial score (nSPS) is 15.9. The van der Waals surface area contributed by atoms with Crippen LogP contribution in [0.4, 0.5) is 5.69 Å². The number of hydrogen-bond donors (Lipinski definition) is 1. The van der Waals surface area contributed by atoms with E-state index >= 15 is 0 Å². The molecule has 1 fully saturated rings. The minimum atomic E-state index is -0.452. The summed E-state index contributed by atoms with van der Waals surface area (Å²) in [6.45, 7) is 1.82. The molecule has 24 heavy (non-hydrogen) atoms. The van der Waals surface area contributed by atoms with E-state index in [4.69, 9.17) is 0 Å². The van der Waals surface area contributed by atoms with E-state index in [2.05, 4.69) is 10.3 Å². The zero-order chi connectivity index (χ0) is 17.1. The average Bonchev–Trinajstić information content (AvgIpc) is 2.82. The highest BCUT2D eigenvalue weighted by Gasteiger charge is 2.19. The maximum Gasteiger partial charge on any atom is 0.270 e. The maximum absolute atomic E-state index is 12.8. The first-order valence-electron chi connectivity index (χ1n) is 8.41. The third-order valence-corrected chi connectivity index (χ3v) is 4.57. The summed E-state index contributed by atoms with van der Waals surface area (Å²) in [5.41, 5.74) is 1.76. The van der Waals surface area contributed by atoms with Gasteiger partial charge in [-0.3, -0.25) is 19.9 Å². The molecule has 1 aliphatic carbocycles. The van der Waals surface area contributed by atoms with Crippen LogP contribution in [0.5, 0.6) is 0 Å². The second-order valence-corrected chi connectivity index (χ2v) is 6.43.